The van der Waals surface area contributed by atoms with Crippen LogP contribution in [0.15, 0.2) is 59.0 Å². The smallest absolute Gasteiger partial charge is 0.416 e. The Balaban J connectivity index is 1.82. The van der Waals surface area contributed by atoms with Crippen molar-refractivity contribution in [2.75, 3.05) is 5.32 Å². The number of nitro benzene ring substituents is 1. The number of furan rings is 1. The Hall–Kier alpha value is -3.33. The second-order valence-corrected chi connectivity index (χ2v) is 6.02. The van der Waals surface area contributed by atoms with E-state index >= 15 is 0 Å². The van der Waals surface area contributed by atoms with Crippen LogP contribution < -0.4 is 5.32 Å². The minimum atomic E-state index is -4.55. The number of alkyl halides is 3. The van der Waals surface area contributed by atoms with Crippen LogP contribution in [0.4, 0.5) is 24.5 Å². The third-order valence-corrected chi connectivity index (χ3v) is 4.05. The molecule has 1 N–H and O–H groups in total. The van der Waals surface area contributed by atoms with E-state index < -0.39 is 22.6 Å². The van der Waals surface area contributed by atoms with Crippen molar-refractivity contribution in [2.24, 2.45) is 0 Å². The van der Waals surface area contributed by atoms with E-state index in [1.165, 1.54) is 36.4 Å². The van der Waals surface area contributed by atoms with Crippen molar-refractivity contribution in [2.45, 2.75) is 6.18 Å². The normalized spacial score (nSPS) is 11.3. The lowest BCUT2D eigenvalue weighted by atomic mass is 10.1. The molecule has 0 saturated heterocycles. The van der Waals surface area contributed by atoms with Crippen LogP contribution in [0.5, 0.6) is 0 Å². The quantitative estimate of drug-likeness (QED) is 0.436. The topological polar surface area (TPSA) is 85.4 Å². The van der Waals surface area contributed by atoms with Gasteiger partial charge < -0.3 is 9.73 Å². The number of amides is 1. The van der Waals surface area contributed by atoms with Crippen LogP contribution in [0.1, 0.15) is 16.1 Å². The maximum atomic E-state index is 12.9. The molecule has 3 rings (SSSR count). The van der Waals surface area contributed by atoms with Gasteiger partial charge in [-0.25, -0.2) is 0 Å². The first-order valence-corrected chi connectivity index (χ1v) is 8.06. The first kappa shape index (κ1) is 19.4. The summed E-state index contributed by atoms with van der Waals surface area (Å²) in [6, 6.07) is 10.5. The lowest BCUT2D eigenvalue weighted by Gasteiger charge is -2.09. The number of hydrogen-bond acceptors (Lipinski definition) is 4. The highest BCUT2D eigenvalue weighted by molar-refractivity contribution is 6.33. The number of anilines is 1. The molecular weight excluding hydrogens is 401 g/mol. The Morgan fingerprint density at radius 2 is 1.75 bits per heavy atom. The van der Waals surface area contributed by atoms with Crippen LogP contribution >= 0.6 is 11.6 Å². The van der Waals surface area contributed by atoms with Gasteiger partial charge in [-0.3, -0.25) is 14.9 Å². The molecule has 0 unspecified atom stereocenters. The average Bonchev–Trinajstić information content (AvgIpc) is 3.11. The molecule has 0 atom stereocenters. The van der Waals surface area contributed by atoms with E-state index in [1.54, 1.807) is 0 Å². The van der Waals surface area contributed by atoms with Crippen LogP contribution in [0, 0.1) is 10.1 Å². The Morgan fingerprint density at radius 1 is 1.07 bits per heavy atom. The maximum absolute atomic E-state index is 12.9. The van der Waals surface area contributed by atoms with Gasteiger partial charge in [0.05, 0.1) is 15.5 Å². The third-order valence-electron chi connectivity index (χ3n) is 3.72. The fourth-order valence-corrected chi connectivity index (χ4v) is 2.56. The third kappa shape index (κ3) is 4.15. The van der Waals surface area contributed by atoms with Gasteiger partial charge in [0.1, 0.15) is 5.76 Å². The molecule has 1 aromatic heterocycles. The minimum Gasteiger partial charge on any atom is -0.451 e. The first-order valence-electron chi connectivity index (χ1n) is 7.68. The standard InChI is InChI=1S/C18H10ClF3N2O4/c19-14-6-1-10(18(20,21)22)9-13(14)15-7-8-16(28-15)17(25)23-11-2-4-12(5-3-11)24(26)27/h1-9H,(H,23,25). The van der Waals surface area contributed by atoms with Gasteiger partial charge in [0.15, 0.2) is 5.76 Å². The highest BCUT2D eigenvalue weighted by Gasteiger charge is 2.31. The van der Waals surface area contributed by atoms with E-state index in [-0.39, 0.29) is 33.5 Å². The Bertz CT molecular complexity index is 1050. The van der Waals surface area contributed by atoms with Crippen LogP contribution in [0.3, 0.4) is 0 Å². The number of non-ortho nitro benzene ring substituents is 1. The molecular formula is C18H10ClF3N2O4. The lowest BCUT2D eigenvalue weighted by molar-refractivity contribution is -0.384. The van der Waals surface area contributed by atoms with Crippen molar-refractivity contribution in [1.82, 2.24) is 0 Å². The second-order valence-electron chi connectivity index (χ2n) is 5.61. The Kier molecular flexibility index (Phi) is 5.10. The van der Waals surface area contributed by atoms with E-state index in [4.69, 9.17) is 16.0 Å². The Labute approximate surface area is 160 Å². The number of carbonyl (C=O) groups excluding carboxylic acids is 1. The molecule has 0 aliphatic carbocycles. The minimum absolute atomic E-state index is 0.00845. The summed E-state index contributed by atoms with van der Waals surface area (Å²) >= 11 is 5.96. The molecule has 2 aromatic carbocycles. The van der Waals surface area contributed by atoms with Gasteiger partial charge in [-0.15, -0.1) is 0 Å². The zero-order chi connectivity index (χ0) is 20.5. The molecule has 1 heterocycles. The summed E-state index contributed by atoms with van der Waals surface area (Å²) in [4.78, 5) is 22.3. The zero-order valence-corrected chi connectivity index (χ0v) is 14.5. The molecule has 144 valence electrons. The summed E-state index contributed by atoms with van der Waals surface area (Å²) in [5.74, 6) is -0.852. The lowest BCUT2D eigenvalue weighted by Crippen LogP contribution is -2.10. The summed E-state index contributed by atoms with van der Waals surface area (Å²) in [7, 11) is 0. The number of nitrogens with zero attached hydrogens (tertiary/aromatic N) is 1. The number of nitro groups is 1. The molecule has 0 radical (unpaired) electrons. The van der Waals surface area contributed by atoms with Gasteiger partial charge in [0, 0.05) is 23.4 Å². The molecule has 0 fully saturated rings. The van der Waals surface area contributed by atoms with Crippen molar-refractivity contribution in [3.8, 4) is 11.3 Å². The van der Waals surface area contributed by atoms with Crippen molar-refractivity contribution in [1.29, 1.82) is 0 Å². The predicted octanol–water partition coefficient (Wildman–Crippen LogP) is 5.78. The molecule has 1 amide bonds. The van der Waals surface area contributed by atoms with E-state index in [0.717, 1.165) is 18.2 Å². The number of nitrogens with one attached hydrogen (secondary N) is 1. The highest BCUT2D eigenvalue weighted by Crippen LogP contribution is 2.36. The number of hydrogen-bond donors (Lipinski definition) is 1. The van der Waals surface area contributed by atoms with Gasteiger partial charge in [-0.1, -0.05) is 11.6 Å². The van der Waals surface area contributed by atoms with E-state index in [0.29, 0.717) is 0 Å². The molecule has 0 aliphatic rings. The summed E-state index contributed by atoms with van der Waals surface area (Å²) in [6.07, 6.45) is -4.55. The van der Waals surface area contributed by atoms with Crippen molar-refractivity contribution >= 4 is 28.9 Å². The maximum Gasteiger partial charge on any atom is 0.416 e. The summed E-state index contributed by atoms with van der Waals surface area (Å²) in [5.41, 5.74) is -0.769. The number of rotatable bonds is 4. The monoisotopic (exact) mass is 410 g/mol. The number of halogens is 4. The fourth-order valence-electron chi connectivity index (χ4n) is 2.35. The average molecular weight is 411 g/mol. The molecule has 0 bridgehead atoms. The van der Waals surface area contributed by atoms with Gasteiger partial charge >= 0.3 is 6.18 Å². The molecule has 28 heavy (non-hydrogen) atoms. The molecule has 3 aromatic rings. The summed E-state index contributed by atoms with van der Waals surface area (Å²) in [5, 5.41) is 13.1. The van der Waals surface area contributed by atoms with E-state index in [9.17, 15) is 28.1 Å². The van der Waals surface area contributed by atoms with Gasteiger partial charge in [0.2, 0.25) is 0 Å². The largest absolute Gasteiger partial charge is 0.451 e. The first-order chi connectivity index (χ1) is 13.1. The summed E-state index contributed by atoms with van der Waals surface area (Å²) in [6.45, 7) is 0. The van der Waals surface area contributed by atoms with Crippen LogP contribution in [-0.2, 0) is 6.18 Å². The van der Waals surface area contributed by atoms with Crippen LogP contribution in [0.2, 0.25) is 5.02 Å². The number of carbonyl (C=O) groups is 1. The van der Waals surface area contributed by atoms with E-state index in [2.05, 4.69) is 5.32 Å². The molecule has 0 spiro atoms. The van der Waals surface area contributed by atoms with Crippen molar-refractivity contribution < 1.29 is 27.3 Å². The fraction of sp³-hybridized carbons (Fsp3) is 0.0556. The Morgan fingerprint density at radius 3 is 2.36 bits per heavy atom. The SMILES string of the molecule is O=C(Nc1ccc([N+](=O)[O-])cc1)c1ccc(-c2cc(C(F)(F)F)ccc2Cl)o1. The van der Waals surface area contributed by atoms with Crippen molar-refractivity contribution in [3.63, 3.8) is 0 Å². The summed E-state index contributed by atoms with van der Waals surface area (Å²) < 4.78 is 44.0. The van der Waals surface area contributed by atoms with Gasteiger partial charge in [-0.2, -0.15) is 13.2 Å². The van der Waals surface area contributed by atoms with Gasteiger partial charge in [0.25, 0.3) is 11.6 Å². The zero-order valence-electron chi connectivity index (χ0n) is 13.8. The van der Waals surface area contributed by atoms with E-state index in [1.807, 2.05) is 0 Å². The van der Waals surface area contributed by atoms with Gasteiger partial charge in [-0.05, 0) is 42.5 Å². The predicted molar refractivity (Wildman–Crippen MR) is 95.2 cm³/mol. The number of benzene rings is 2. The molecule has 6 nitrogen and oxygen atoms in total. The van der Waals surface area contributed by atoms with Crippen LogP contribution in [-0.4, -0.2) is 10.8 Å². The highest BCUT2D eigenvalue weighted by atomic mass is 35.5. The molecule has 0 saturated carbocycles. The molecule has 10 heteroatoms. The van der Waals surface area contributed by atoms with Crippen LogP contribution in [0.25, 0.3) is 11.3 Å². The second kappa shape index (κ2) is 7.35. The van der Waals surface area contributed by atoms with Crippen molar-refractivity contribution in [3.05, 3.63) is 81.1 Å². The molecule has 0 aliphatic heterocycles.